The third-order valence-electron chi connectivity index (χ3n) is 4.55. The lowest BCUT2D eigenvalue weighted by Gasteiger charge is -2.21. The van der Waals surface area contributed by atoms with Crippen molar-refractivity contribution < 1.29 is 14.7 Å². The second kappa shape index (κ2) is 10.1. The normalized spacial score (nSPS) is 19.6. The predicted molar refractivity (Wildman–Crippen MR) is 106 cm³/mol. The Bertz CT molecular complexity index is 743. The molecule has 1 aliphatic rings. The molecule has 0 bridgehead atoms. The van der Waals surface area contributed by atoms with Crippen LogP contribution in [0.15, 0.2) is 60.7 Å². The fourth-order valence-corrected chi connectivity index (χ4v) is 3.01. The largest absolute Gasteiger partial charge is 0.391 e. The first-order valence-corrected chi connectivity index (χ1v) is 8.72. The molecule has 7 heteroatoms. The molecule has 1 saturated heterocycles. The van der Waals surface area contributed by atoms with Gasteiger partial charge < -0.3 is 21.1 Å². The van der Waals surface area contributed by atoms with E-state index >= 15 is 0 Å². The van der Waals surface area contributed by atoms with Gasteiger partial charge in [0.1, 0.15) is 6.04 Å². The van der Waals surface area contributed by atoms with E-state index in [1.165, 1.54) is 0 Å². The smallest absolute Gasteiger partial charge is 0.252 e. The average Bonchev–Trinajstić information content (AvgIpc) is 3.10. The van der Waals surface area contributed by atoms with Gasteiger partial charge in [0.15, 0.2) is 0 Å². The van der Waals surface area contributed by atoms with Crippen LogP contribution in [0.4, 0.5) is 0 Å². The van der Waals surface area contributed by atoms with Gasteiger partial charge in [-0.15, -0.1) is 12.4 Å². The van der Waals surface area contributed by atoms with Gasteiger partial charge in [0.2, 0.25) is 5.91 Å². The first kappa shape index (κ1) is 20.9. The minimum atomic E-state index is -0.796. The molecule has 0 aromatic heterocycles. The summed E-state index contributed by atoms with van der Waals surface area (Å²) in [6.07, 6.45) is -0.468. The number of hydrogen-bond acceptors (Lipinski definition) is 4. The van der Waals surface area contributed by atoms with Gasteiger partial charge in [-0.05, 0) is 17.7 Å². The topological polar surface area (TPSA) is 90.5 Å². The molecule has 2 amide bonds. The minimum Gasteiger partial charge on any atom is -0.391 e. The maximum atomic E-state index is 12.7. The second-order valence-electron chi connectivity index (χ2n) is 6.41. The van der Waals surface area contributed by atoms with Crippen molar-refractivity contribution in [3.8, 4) is 0 Å². The average molecular weight is 390 g/mol. The molecule has 3 rings (SSSR count). The fraction of sp³-hybridized carbons (Fsp3) is 0.300. The fourth-order valence-electron chi connectivity index (χ4n) is 3.01. The molecule has 0 aliphatic carbocycles. The summed E-state index contributed by atoms with van der Waals surface area (Å²) >= 11 is 0. The molecule has 0 radical (unpaired) electrons. The number of carbonyl (C=O) groups is 2. The van der Waals surface area contributed by atoms with Crippen molar-refractivity contribution in [2.75, 3.05) is 19.6 Å². The van der Waals surface area contributed by atoms with E-state index in [0.29, 0.717) is 30.8 Å². The van der Waals surface area contributed by atoms with E-state index in [1.807, 2.05) is 36.4 Å². The van der Waals surface area contributed by atoms with E-state index in [2.05, 4.69) is 16.0 Å². The van der Waals surface area contributed by atoms with Crippen molar-refractivity contribution >= 4 is 24.2 Å². The Morgan fingerprint density at radius 1 is 1.04 bits per heavy atom. The maximum Gasteiger partial charge on any atom is 0.252 e. The number of carbonyl (C=O) groups excluding carboxylic acids is 2. The van der Waals surface area contributed by atoms with Gasteiger partial charge in [0, 0.05) is 31.1 Å². The highest BCUT2D eigenvalue weighted by Crippen LogP contribution is 2.15. The Morgan fingerprint density at radius 3 is 2.26 bits per heavy atom. The van der Waals surface area contributed by atoms with Gasteiger partial charge in [-0.2, -0.15) is 0 Å². The molecule has 1 heterocycles. The Morgan fingerprint density at radius 2 is 1.67 bits per heavy atom. The lowest BCUT2D eigenvalue weighted by atomic mass is 10.0. The SMILES string of the molecule is Cl.O=C(NC(C(=O)NCC1CNCC1O)c1ccccc1)c1ccccc1. The number of hydrogen-bond donors (Lipinski definition) is 4. The van der Waals surface area contributed by atoms with Crippen molar-refractivity contribution in [1.29, 1.82) is 0 Å². The zero-order chi connectivity index (χ0) is 18.4. The Kier molecular flexibility index (Phi) is 7.79. The second-order valence-corrected chi connectivity index (χ2v) is 6.41. The molecule has 144 valence electrons. The number of rotatable bonds is 6. The first-order chi connectivity index (χ1) is 12.6. The molecule has 3 atom stereocenters. The third kappa shape index (κ3) is 5.53. The van der Waals surface area contributed by atoms with E-state index in [0.717, 1.165) is 0 Å². The number of amides is 2. The van der Waals surface area contributed by atoms with Crippen LogP contribution in [0.25, 0.3) is 0 Å². The van der Waals surface area contributed by atoms with Crippen molar-refractivity contribution in [3.05, 3.63) is 71.8 Å². The summed E-state index contributed by atoms with van der Waals surface area (Å²) in [6.45, 7) is 1.55. The van der Waals surface area contributed by atoms with Crippen LogP contribution in [0.1, 0.15) is 22.0 Å². The molecule has 4 N–H and O–H groups in total. The monoisotopic (exact) mass is 389 g/mol. The maximum absolute atomic E-state index is 12.7. The van der Waals surface area contributed by atoms with Gasteiger partial charge in [-0.3, -0.25) is 9.59 Å². The molecular weight excluding hydrogens is 366 g/mol. The van der Waals surface area contributed by atoms with Crippen LogP contribution in [-0.2, 0) is 4.79 Å². The van der Waals surface area contributed by atoms with Gasteiger partial charge >= 0.3 is 0 Å². The van der Waals surface area contributed by atoms with E-state index in [-0.39, 0.29) is 30.1 Å². The van der Waals surface area contributed by atoms with Gasteiger partial charge in [-0.25, -0.2) is 0 Å². The molecule has 2 aromatic rings. The van der Waals surface area contributed by atoms with Crippen molar-refractivity contribution in [3.63, 3.8) is 0 Å². The molecule has 0 saturated carbocycles. The number of β-amino-alcohol motifs (C(OH)–C–C–N with tert-alkyl or cyclic N) is 1. The van der Waals surface area contributed by atoms with E-state index < -0.39 is 12.1 Å². The summed E-state index contributed by atoms with van der Waals surface area (Å²) in [5.41, 5.74) is 1.20. The summed E-state index contributed by atoms with van der Waals surface area (Å²) in [6, 6.07) is 17.1. The molecule has 1 aliphatic heterocycles. The summed E-state index contributed by atoms with van der Waals surface area (Å²) in [5, 5.41) is 18.6. The molecule has 1 fully saturated rings. The molecule has 3 unspecified atom stereocenters. The third-order valence-corrected chi connectivity index (χ3v) is 4.55. The van der Waals surface area contributed by atoms with Crippen LogP contribution in [0.2, 0.25) is 0 Å². The lowest BCUT2D eigenvalue weighted by molar-refractivity contribution is -0.123. The van der Waals surface area contributed by atoms with Crippen molar-refractivity contribution in [1.82, 2.24) is 16.0 Å². The lowest BCUT2D eigenvalue weighted by Crippen LogP contribution is -2.43. The van der Waals surface area contributed by atoms with Gasteiger partial charge in [-0.1, -0.05) is 48.5 Å². The molecule has 6 nitrogen and oxygen atoms in total. The van der Waals surface area contributed by atoms with Crippen LogP contribution in [0.5, 0.6) is 0 Å². The Balaban J connectivity index is 0.00000261. The van der Waals surface area contributed by atoms with E-state index in [4.69, 9.17) is 0 Å². The minimum absolute atomic E-state index is 0. The standard InChI is InChI=1S/C20H23N3O3.ClH/c24-17-13-21-11-16(17)12-22-20(26)18(14-7-3-1-4-8-14)23-19(25)15-9-5-2-6-10-15;/h1-10,16-18,21,24H,11-13H2,(H,22,26)(H,23,25);1H. The quantitative estimate of drug-likeness (QED) is 0.599. The Hall–Kier alpha value is -2.41. The number of halogens is 1. The zero-order valence-corrected chi connectivity index (χ0v) is 15.6. The molecular formula is C20H24ClN3O3. The van der Waals surface area contributed by atoms with Crippen LogP contribution in [0.3, 0.4) is 0 Å². The van der Waals surface area contributed by atoms with E-state index in [9.17, 15) is 14.7 Å². The summed E-state index contributed by atoms with van der Waals surface area (Å²) in [7, 11) is 0. The van der Waals surface area contributed by atoms with Gasteiger partial charge in [0.25, 0.3) is 5.91 Å². The number of aliphatic hydroxyl groups excluding tert-OH is 1. The number of benzene rings is 2. The van der Waals surface area contributed by atoms with Crippen LogP contribution < -0.4 is 16.0 Å². The van der Waals surface area contributed by atoms with Crippen molar-refractivity contribution in [2.24, 2.45) is 5.92 Å². The number of nitrogens with one attached hydrogen (secondary N) is 3. The highest BCUT2D eigenvalue weighted by molar-refractivity contribution is 5.97. The highest BCUT2D eigenvalue weighted by atomic mass is 35.5. The Labute approximate surface area is 164 Å². The summed E-state index contributed by atoms with van der Waals surface area (Å²) in [5.74, 6) is -0.628. The molecule has 27 heavy (non-hydrogen) atoms. The zero-order valence-electron chi connectivity index (χ0n) is 14.8. The van der Waals surface area contributed by atoms with Gasteiger partial charge in [0.05, 0.1) is 6.10 Å². The predicted octanol–water partition coefficient (Wildman–Crippen LogP) is 1.28. The summed E-state index contributed by atoms with van der Waals surface area (Å²) in [4.78, 5) is 25.3. The molecule has 2 aromatic carbocycles. The molecule has 0 spiro atoms. The van der Waals surface area contributed by atoms with Crippen LogP contribution >= 0.6 is 12.4 Å². The van der Waals surface area contributed by atoms with Crippen molar-refractivity contribution in [2.45, 2.75) is 12.1 Å². The van der Waals surface area contributed by atoms with E-state index in [1.54, 1.807) is 24.3 Å². The van der Waals surface area contributed by atoms with Crippen LogP contribution in [-0.4, -0.2) is 42.7 Å². The van der Waals surface area contributed by atoms with Crippen LogP contribution in [0, 0.1) is 5.92 Å². The number of aliphatic hydroxyl groups is 1. The summed E-state index contributed by atoms with van der Waals surface area (Å²) < 4.78 is 0. The first-order valence-electron chi connectivity index (χ1n) is 8.72. The highest BCUT2D eigenvalue weighted by Gasteiger charge is 2.28.